The first-order valence-corrected chi connectivity index (χ1v) is 9.41. The average molecular weight is 529 g/mol. The third-order valence-electron chi connectivity index (χ3n) is 4.15. The maximum atomic E-state index is 13.5. The molecule has 9 heteroatoms. The van der Waals surface area contributed by atoms with E-state index in [9.17, 15) is 13.2 Å². The first kappa shape index (κ1) is 25.8. The first-order valence-electron chi connectivity index (χ1n) is 9.41. The molecule has 2 rings (SSSR count). The second-order valence-corrected chi connectivity index (χ2v) is 8.38. The van der Waals surface area contributed by atoms with Gasteiger partial charge in [0.1, 0.15) is 11.4 Å². The molecule has 1 aromatic rings. The van der Waals surface area contributed by atoms with Crippen LogP contribution in [0.4, 0.5) is 13.2 Å². The summed E-state index contributed by atoms with van der Waals surface area (Å²) in [4.78, 5) is 4.34. The van der Waals surface area contributed by atoms with Crippen molar-refractivity contribution >= 4 is 29.9 Å². The van der Waals surface area contributed by atoms with Crippen LogP contribution >= 0.6 is 24.0 Å². The molecule has 0 bridgehead atoms. The monoisotopic (exact) mass is 529 g/mol. The Morgan fingerprint density at radius 3 is 2.34 bits per heavy atom. The van der Waals surface area contributed by atoms with E-state index in [2.05, 4.69) is 22.5 Å². The quantitative estimate of drug-likeness (QED) is 0.322. The highest BCUT2D eigenvalue weighted by atomic mass is 127. The summed E-state index contributed by atoms with van der Waals surface area (Å²) >= 11 is 0. The number of alkyl halides is 3. The van der Waals surface area contributed by atoms with Crippen LogP contribution in [0, 0.1) is 5.41 Å². The van der Waals surface area contributed by atoms with Crippen molar-refractivity contribution in [1.29, 1.82) is 0 Å². The summed E-state index contributed by atoms with van der Waals surface area (Å²) in [6.07, 6.45) is -4.48. The van der Waals surface area contributed by atoms with Gasteiger partial charge in [0.15, 0.2) is 5.96 Å². The molecule has 0 aromatic heterocycles. The zero-order chi connectivity index (χ0) is 21.0. The molecule has 0 aliphatic carbocycles. The van der Waals surface area contributed by atoms with Crippen molar-refractivity contribution in [2.75, 3.05) is 26.3 Å². The molecule has 1 aromatic carbocycles. The maximum absolute atomic E-state index is 13.5. The summed E-state index contributed by atoms with van der Waals surface area (Å²) < 4.78 is 51.4. The molecule has 0 unspecified atom stereocenters. The molecule has 1 heterocycles. The molecular formula is C20H31F3IN3O2. The molecule has 0 spiro atoms. The van der Waals surface area contributed by atoms with Crippen molar-refractivity contribution in [3.63, 3.8) is 0 Å². The topological polar surface area (TPSA) is 54.9 Å². The molecule has 0 atom stereocenters. The van der Waals surface area contributed by atoms with Crippen molar-refractivity contribution in [2.24, 2.45) is 10.4 Å². The van der Waals surface area contributed by atoms with Gasteiger partial charge >= 0.3 is 6.18 Å². The van der Waals surface area contributed by atoms with Crippen molar-refractivity contribution < 1.29 is 22.6 Å². The normalized spacial score (nSPS) is 16.5. The van der Waals surface area contributed by atoms with Crippen molar-refractivity contribution in [3.05, 3.63) is 29.3 Å². The van der Waals surface area contributed by atoms with E-state index < -0.39 is 17.3 Å². The van der Waals surface area contributed by atoms with Crippen molar-refractivity contribution in [1.82, 2.24) is 10.6 Å². The van der Waals surface area contributed by atoms with Gasteiger partial charge in [0.25, 0.3) is 0 Å². The minimum Gasteiger partial charge on any atom is -0.488 e. The van der Waals surface area contributed by atoms with Crippen LogP contribution in [0.3, 0.4) is 0 Å². The van der Waals surface area contributed by atoms with Gasteiger partial charge in [-0.05, 0) is 45.4 Å². The molecule has 0 radical (unpaired) electrons. The number of halogens is 4. The molecule has 1 aliphatic rings. The van der Waals surface area contributed by atoms with E-state index in [1.807, 2.05) is 6.92 Å². The number of guanidine groups is 1. The molecule has 0 saturated carbocycles. The van der Waals surface area contributed by atoms with E-state index in [1.165, 1.54) is 6.07 Å². The Morgan fingerprint density at radius 1 is 1.21 bits per heavy atom. The number of hydrogen-bond donors (Lipinski definition) is 2. The highest BCUT2D eigenvalue weighted by Crippen LogP contribution is 2.35. The lowest BCUT2D eigenvalue weighted by molar-refractivity contribution is -0.138. The van der Waals surface area contributed by atoms with E-state index in [-0.39, 0.29) is 47.2 Å². The standard InChI is InChI=1S/C20H30F3N3O2.HI/c1-6-24-17(26-11-19(5)12-27-13-19)25-10-14-7-8-15(28-18(2,3)4)9-16(14)20(21,22)23;/h7-9H,6,10-13H2,1-5H3,(H2,24,25,26);1H. The lowest BCUT2D eigenvalue weighted by Crippen LogP contribution is -2.51. The van der Waals surface area contributed by atoms with Crippen LogP contribution < -0.4 is 15.4 Å². The predicted molar refractivity (Wildman–Crippen MR) is 119 cm³/mol. The number of rotatable bonds is 6. The van der Waals surface area contributed by atoms with Gasteiger partial charge in [0.2, 0.25) is 0 Å². The van der Waals surface area contributed by atoms with Crippen LogP contribution in [0.1, 0.15) is 45.7 Å². The predicted octanol–water partition coefficient (Wildman–Crippen LogP) is 4.59. The third-order valence-corrected chi connectivity index (χ3v) is 4.15. The lowest BCUT2D eigenvalue weighted by atomic mass is 9.89. The molecule has 5 nitrogen and oxygen atoms in total. The molecular weight excluding hydrogens is 498 g/mol. The van der Waals surface area contributed by atoms with Crippen LogP contribution in [-0.2, 0) is 17.5 Å². The van der Waals surface area contributed by atoms with E-state index in [1.54, 1.807) is 26.8 Å². The fraction of sp³-hybridized carbons (Fsp3) is 0.650. The van der Waals surface area contributed by atoms with E-state index in [4.69, 9.17) is 9.47 Å². The second-order valence-electron chi connectivity index (χ2n) is 8.38. The van der Waals surface area contributed by atoms with Crippen LogP contribution in [0.25, 0.3) is 0 Å². The van der Waals surface area contributed by atoms with Crippen LogP contribution in [0.15, 0.2) is 23.2 Å². The Kier molecular flexibility index (Phi) is 9.07. The minimum absolute atomic E-state index is 0. The fourth-order valence-electron chi connectivity index (χ4n) is 2.73. The van der Waals surface area contributed by atoms with Gasteiger partial charge in [0, 0.05) is 18.5 Å². The zero-order valence-corrected chi connectivity index (χ0v) is 19.9. The summed E-state index contributed by atoms with van der Waals surface area (Å²) in [6.45, 7) is 11.9. The van der Waals surface area contributed by atoms with Gasteiger partial charge < -0.3 is 20.1 Å². The summed E-state index contributed by atoms with van der Waals surface area (Å²) in [5, 5.41) is 6.25. The summed E-state index contributed by atoms with van der Waals surface area (Å²) in [5.41, 5.74) is -1.18. The van der Waals surface area contributed by atoms with Gasteiger partial charge in [0.05, 0.1) is 25.3 Å². The largest absolute Gasteiger partial charge is 0.488 e. The Balaban J connectivity index is 0.00000420. The minimum atomic E-state index is -4.48. The number of nitrogens with zero attached hydrogens (tertiary/aromatic N) is 1. The third kappa shape index (κ3) is 8.19. The van der Waals surface area contributed by atoms with Crippen molar-refractivity contribution in [2.45, 2.75) is 52.9 Å². The SMILES string of the molecule is CCNC(=NCc1ccc(OC(C)(C)C)cc1C(F)(F)F)NCC1(C)COC1.I. The highest BCUT2D eigenvalue weighted by molar-refractivity contribution is 14.0. The molecule has 1 fully saturated rings. The van der Waals surface area contributed by atoms with Gasteiger partial charge in [-0.1, -0.05) is 13.0 Å². The number of nitrogens with one attached hydrogen (secondary N) is 2. The Morgan fingerprint density at radius 2 is 1.86 bits per heavy atom. The molecule has 1 saturated heterocycles. The van der Waals surface area contributed by atoms with Crippen LogP contribution in [0.5, 0.6) is 5.75 Å². The number of benzene rings is 1. The number of aliphatic imine (C=N–C) groups is 1. The summed E-state index contributed by atoms with van der Waals surface area (Å²) in [5.74, 6) is 0.675. The van der Waals surface area contributed by atoms with Gasteiger partial charge in [-0.3, -0.25) is 0 Å². The molecule has 2 N–H and O–H groups in total. The number of ether oxygens (including phenoxy) is 2. The second kappa shape index (κ2) is 10.2. The molecule has 29 heavy (non-hydrogen) atoms. The van der Waals surface area contributed by atoms with Gasteiger partial charge in [-0.15, -0.1) is 24.0 Å². The lowest BCUT2D eigenvalue weighted by Gasteiger charge is -2.38. The van der Waals surface area contributed by atoms with E-state index in [0.29, 0.717) is 32.3 Å². The van der Waals surface area contributed by atoms with Crippen LogP contribution in [0.2, 0.25) is 0 Å². The van der Waals surface area contributed by atoms with Gasteiger partial charge in [-0.25, -0.2) is 4.99 Å². The summed E-state index contributed by atoms with van der Waals surface area (Å²) in [6, 6.07) is 4.03. The number of hydrogen-bond acceptors (Lipinski definition) is 3. The molecule has 0 amide bonds. The first-order chi connectivity index (χ1) is 12.9. The van der Waals surface area contributed by atoms with Gasteiger partial charge in [-0.2, -0.15) is 13.2 Å². The molecule has 1 aliphatic heterocycles. The maximum Gasteiger partial charge on any atom is 0.416 e. The Hall–Kier alpha value is -1.23. The van der Waals surface area contributed by atoms with Crippen molar-refractivity contribution in [3.8, 4) is 5.75 Å². The van der Waals surface area contributed by atoms with E-state index >= 15 is 0 Å². The average Bonchev–Trinajstić information content (AvgIpc) is 2.54. The van der Waals surface area contributed by atoms with E-state index in [0.717, 1.165) is 6.07 Å². The molecule has 166 valence electrons. The smallest absolute Gasteiger partial charge is 0.416 e. The fourth-order valence-corrected chi connectivity index (χ4v) is 2.73. The van der Waals surface area contributed by atoms with Crippen LogP contribution in [-0.4, -0.2) is 37.9 Å². The zero-order valence-electron chi connectivity index (χ0n) is 17.6. The summed E-state index contributed by atoms with van der Waals surface area (Å²) in [7, 11) is 0. The highest BCUT2D eigenvalue weighted by Gasteiger charge is 2.35. The Bertz CT molecular complexity index is 699. The Labute approximate surface area is 187 Å².